The lowest BCUT2D eigenvalue weighted by Gasteiger charge is -2.30. The summed E-state index contributed by atoms with van der Waals surface area (Å²) >= 11 is 5.93. The molecule has 0 unspecified atom stereocenters. The number of carbonyl (C=O) groups excluding carboxylic acids is 1. The number of likely N-dealkylation sites (tertiary alicyclic amines) is 1. The monoisotopic (exact) mass is 312 g/mol. The Kier molecular flexibility index (Phi) is 4.42. The van der Waals surface area contributed by atoms with Crippen molar-refractivity contribution in [3.8, 4) is 0 Å². The third-order valence-corrected chi connectivity index (χ3v) is 3.85. The minimum absolute atomic E-state index is 0.0691. The van der Waals surface area contributed by atoms with E-state index in [2.05, 4.69) is 0 Å². The van der Waals surface area contributed by atoms with E-state index in [-0.39, 0.29) is 16.3 Å². The van der Waals surface area contributed by atoms with Crippen molar-refractivity contribution in [2.75, 3.05) is 13.1 Å². The second kappa shape index (κ2) is 6.09. The lowest BCUT2D eigenvalue weighted by Crippen LogP contribution is -2.40. The highest BCUT2D eigenvalue weighted by Gasteiger charge is 2.28. The summed E-state index contributed by atoms with van der Waals surface area (Å²) in [6.45, 7) is 0.601. The Morgan fingerprint density at radius 3 is 2.48 bits per heavy atom. The second-order valence-corrected chi connectivity index (χ2v) is 5.23. The third-order valence-electron chi connectivity index (χ3n) is 3.52. The first-order valence-corrected chi connectivity index (χ1v) is 6.74. The largest absolute Gasteiger partial charge is 0.481 e. The molecular weight excluding hydrogens is 300 g/mol. The van der Waals surface area contributed by atoms with Gasteiger partial charge in [-0.05, 0) is 18.9 Å². The number of non-ortho nitro benzene ring substituents is 1. The fraction of sp³-hybridized carbons (Fsp3) is 0.385. The SMILES string of the molecule is O=C(O)C1CCN(C(=O)c2cc([N+](=O)[O-])ccc2Cl)CC1. The molecule has 112 valence electrons. The van der Waals surface area contributed by atoms with Crippen molar-refractivity contribution in [3.63, 3.8) is 0 Å². The van der Waals surface area contributed by atoms with Gasteiger partial charge in [0.2, 0.25) is 0 Å². The Labute approximate surface area is 125 Å². The smallest absolute Gasteiger partial charge is 0.306 e. The average molecular weight is 313 g/mol. The van der Waals surface area contributed by atoms with E-state index < -0.39 is 22.7 Å². The van der Waals surface area contributed by atoms with Crippen molar-refractivity contribution in [3.05, 3.63) is 38.9 Å². The van der Waals surface area contributed by atoms with Gasteiger partial charge in [0.15, 0.2) is 0 Å². The molecule has 0 saturated carbocycles. The van der Waals surface area contributed by atoms with Gasteiger partial charge >= 0.3 is 5.97 Å². The van der Waals surface area contributed by atoms with Gasteiger partial charge < -0.3 is 10.0 Å². The summed E-state index contributed by atoms with van der Waals surface area (Å²) in [7, 11) is 0. The molecule has 1 amide bonds. The van der Waals surface area contributed by atoms with Crippen molar-refractivity contribution in [1.82, 2.24) is 4.90 Å². The normalized spacial score (nSPS) is 15.8. The zero-order valence-electron chi connectivity index (χ0n) is 11.0. The highest BCUT2D eigenvalue weighted by atomic mass is 35.5. The molecule has 0 bridgehead atoms. The average Bonchev–Trinajstić information content (AvgIpc) is 2.47. The molecule has 0 atom stereocenters. The van der Waals surface area contributed by atoms with Crippen molar-refractivity contribution in [2.45, 2.75) is 12.8 Å². The maximum atomic E-state index is 12.3. The topological polar surface area (TPSA) is 101 Å². The van der Waals surface area contributed by atoms with Crippen LogP contribution in [-0.2, 0) is 4.79 Å². The number of carbonyl (C=O) groups is 2. The van der Waals surface area contributed by atoms with Gasteiger partial charge in [0.05, 0.1) is 21.4 Å². The van der Waals surface area contributed by atoms with E-state index in [1.807, 2.05) is 0 Å². The number of nitro groups is 1. The highest BCUT2D eigenvalue weighted by molar-refractivity contribution is 6.33. The van der Waals surface area contributed by atoms with Gasteiger partial charge in [-0.3, -0.25) is 19.7 Å². The van der Waals surface area contributed by atoms with Crippen LogP contribution in [-0.4, -0.2) is 39.9 Å². The number of rotatable bonds is 3. The number of aliphatic carboxylic acids is 1. The summed E-state index contributed by atoms with van der Waals surface area (Å²) < 4.78 is 0. The summed E-state index contributed by atoms with van der Waals surface area (Å²) in [6, 6.07) is 3.70. The van der Waals surface area contributed by atoms with Crippen molar-refractivity contribution >= 4 is 29.2 Å². The van der Waals surface area contributed by atoms with Crippen LogP contribution < -0.4 is 0 Å². The summed E-state index contributed by atoms with van der Waals surface area (Å²) in [6.07, 6.45) is 0.737. The summed E-state index contributed by atoms with van der Waals surface area (Å²) in [5.74, 6) is -1.72. The van der Waals surface area contributed by atoms with Gasteiger partial charge in [-0.1, -0.05) is 11.6 Å². The number of amides is 1. The molecule has 8 heteroatoms. The van der Waals surface area contributed by atoms with Gasteiger partial charge in [0.1, 0.15) is 0 Å². The maximum Gasteiger partial charge on any atom is 0.306 e. The van der Waals surface area contributed by atoms with Crippen LogP contribution in [0.5, 0.6) is 0 Å². The second-order valence-electron chi connectivity index (χ2n) is 4.83. The van der Waals surface area contributed by atoms with Crippen LogP contribution in [0.1, 0.15) is 23.2 Å². The maximum absolute atomic E-state index is 12.3. The lowest BCUT2D eigenvalue weighted by atomic mass is 9.96. The Balaban J connectivity index is 2.16. The Morgan fingerprint density at radius 1 is 1.33 bits per heavy atom. The molecule has 1 aromatic rings. The molecule has 1 aliphatic heterocycles. The molecule has 0 radical (unpaired) electrons. The zero-order valence-corrected chi connectivity index (χ0v) is 11.7. The minimum atomic E-state index is -0.865. The van der Waals surface area contributed by atoms with Crippen LogP contribution >= 0.6 is 11.6 Å². The van der Waals surface area contributed by atoms with Crippen LogP contribution in [0.3, 0.4) is 0 Å². The number of carboxylic acid groups (broad SMARTS) is 1. The zero-order chi connectivity index (χ0) is 15.6. The summed E-state index contributed by atoms with van der Waals surface area (Å²) in [4.78, 5) is 34.9. The molecule has 0 aliphatic carbocycles. The van der Waals surface area contributed by atoms with E-state index in [1.165, 1.54) is 17.0 Å². The molecule has 0 spiro atoms. The van der Waals surface area contributed by atoms with Gasteiger partial charge in [0.25, 0.3) is 11.6 Å². The molecule has 1 saturated heterocycles. The standard InChI is InChI=1S/C13H13ClN2O5/c14-11-2-1-9(16(20)21)7-10(11)12(17)15-5-3-8(4-6-15)13(18)19/h1-2,7-8H,3-6H2,(H,18,19). The first-order valence-electron chi connectivity index (χ1n) is 6.36. The third kappa shape index (κ3) is 3.30. The van der Waals surface area contributed by atoms with E-state index in [0.29, 0.717) is 25.9 Å². The molecule has 1 fully saturated rings. The predicted octanol–water partition coefficient (Wildman–Crippen LogP) is 2.19. The number of hydrogen-bond donors (Lipinski definition) is 1. The quantitative estimate of drug-likeness (QED) is 0.681. The first kappa shape index (κ1) is 15.2. The van der Waals surface area contributed by atoms with Crippen LogP contribution in [0.15, 0.2) is 18.2 Å². The number of nitrogens with zero attached hydrogens (tertiary/aromatic N) is 2. The van der Waals surface area contributed by atoms with Crippen LogP contribution in [0.2, 0.25) is 5.02 Å². The molecule has 1 aromatic carbocycles. The number of halogens is 1. The summed E-state index contributed by atoms with van der Waals surface area (Å²) in [5.41, 5.74) is -0.136. The number of benzene rings is 1. The summed E-state index contributed by atoms with van der Waals surface area (Å²) in [5, 5.41) is 19.8. The van der Waals surface area contributed by atoms with Crippen molar-refractivity contribution in [1.29, 1.82) is 0 Å². The Morgan fingerprint density at radius 2 is 1.95 bits per heavy atom. The Hall–Kier alpha value is -2.15. The molecule has 2 rings (SSSR count). The predicted molar refractivity (Wildman–Crippen MR) is 74.4 cm³/mol. The van der Waals surface area contributed by atoms with Crippen molar-refractivity contribution in [2.24, 2.45) is 5.92 Å². The first-order chi connectivity index (χ1) is 9.90. The van der Waals surface area contributed by atoms with Gasteiger partial charge in [-0.2, -0.15) is 0 Å². The molecule has 7 nitrogen and oxygen atoms in total. The van der Waals surface area contributed by atoms with E-state index in [0.717, 1.165) is 6.07 Å². The van der Waals surface area contributed by atoms with E-state index >= 15 is 0 Å². The van der Waals surface area contributed by atoms with E-state index in [9.17, 15) is 19.7 Å². The number of piperidine rings is 1. The van der Waals surface area contributed by atoms with E-state index in [4.69, 9.17) is 16.7 Å². The molecule has 1 aliphatic rings. The minimum Gasteiger partial charge on any atom is -0.481 e. The van der Waals surface area contributed by atoms with Crippen LogP contribution in [0.25, 0.3) is 0 Å². The fourth-order valence-corrected chi connectivity index (χ4v) is 2.49. The molecule has 21 heavy (non-hydrogen) atoms. The lowest BCUT2D eigenvalue weighted by molar-refractivity contribution is -0.384. The van der Waals surface area contributed by atoms with Crippen LogP contribution in [0.4, 0.5) is 5.69 Å². The van der Waals surface area contributed by atoms with E-state index in [1.54, 1.807) is 0 Å². The molecule has 0 aromatic heterocycles. The Bertz CT molecular complexity index is 596. The van der Waals surface area contributed by atoms with Gasteiger partial charge in [-0.25, -0.2) is 0 Å². The molecule has 1 N–H and O–H groups in total. The van der Waals surface area contributed by atoms with Crippen molar-refractivity contribution < 1.29 is 19.6 Å². The van der Waals surface area contributed by atoms with Gasteiger partial charge in [0, 0.05) is 25.2 Å². The highest BCUT2D eigenvalue weighted by Crippen LogP contribution is 2.25. The van der Waals surface area contributed by atoms with Crippen LogP contribution in [0, 0.1) is 16.0 Å². The van der Waals surface area contributed by atoms with Gasteiger partial charge in [-0.15, -0.1) is 0 Å². The molecule has 1 heterocycles. The number of carboxylic acids is 1. The number of nitro benzene ring substituents is 1. The fourth-order valence-electron chi connectivity index (χ4n) is 2.29. The number of hydrogen-bond acceptors (Lipinski definition) is 4. The molecular formula is C13H13ClN2O5.